The lowest BCUT2D eigenvalue weighted by Gasteiger charge is -2.02. The average molecular weight is 278 g/mol. The van der Waals surface area contributed by atoms with Crippen LogP contribution in [0.15, 0.2) is 46.4 Å². The molecular formula is C19H22N2. The molecule has 0 radical (unpaired) electrons. The molecule has 0 saturated heterocycles. The van der Waals surface area contributed by atoms with Crippen molar-refractivity contribution in [2.75, 3.05) is 0 Å². The van der Waals surface area contributed by atoms with Crippen LogP contribution in [0, 0.1) is 27.7 Å². The number of aliphatic imine (C=N–C) groups is 2. The minimum Gasteiger partial charge on any atom is -0.255 e. The third kappa shape index (κ3) is 4.12. The van der Waals surface area contributed by atoms with Crippen molar-refractivity contribution in [1.82, 2.24) is 0 Å². The smallest absolute Gasteiger partial charge is 0.0636 e. The Kier molecular flexibility index (Phi) is 4.69. The van der Waals surface area contributed by atoms with Crippen LogP contribution in [-0.4, -0.2) is 11.9 Å². The highest BCUT2D eigenvalue weighted by Gasteiger charge is 1.96. The van der Waals surface area contributed by atoms with E-state index in [0.29, 0.717) is 0 Å². The summed E-state index contributed by atoms with van der Waals surface area (Å²) >= 11 is 0. The summed E-state index contributed by atoms with van der Waals surface area (Å²) in [4.78, 5) is 9.07. The molecule has 2 rings (SSSR count). The van der Waals surface area contributed by atoms with E-state index >= 15 is 0 Å². The van der Waals surface area contributed by atoms with Gasteiger partial charge < -0.3 is 0 Å². The van der Waals surface area contributed by atoms with E-state index in [9.17, 15) is 0 Å². The average Bonchev–Trinajstić information content (AvgIpc) is 2.44. The molecule has 0 aromatic heterocycles. The third-order valence-corrected chi connectivity index (χ3v) is 3.69. The van der Waals surface area contributed by atoms with Crippen molar-refractivity contribution in [2.24, 2.45) is 9.98 Å². The van der Waals surface area contributed by atoms with Gasteiger partial charge in [-0.05, 0) is 81.1 Å². The van der Waals surface area contributed by atoms with Crippen LogP contribution in [0.3, 0.4) is 0 Å². The fraction of sp³-hybridized carbons (Fsp3) is 0.263. The predicted molar refractivity (Wildman–Crippen MR) is 92.8 cm³/mol. The van der Waals surface area contributed by atoms with Gasteiger partial charge in [-0.25, -0.2) is 0 Å². The highest BCUT2D eigenvalue weighted by Crippen LogP contribution is 2.18. The van der Waals surface area contributed by atoms with Gasteiger partial charge in [0.2, 0.25) is 0 Å². The maximum absolute atomic E-state index is 4.58. The first-order chi connectivity index (χ1) is 9.95. The van der Waals surface area contributed by atoms with Crippen LogP contribution in [0.5, 0.6) is 0 Å². The predicted octanol–water partition coefficient (Wildman–Crippen LogP) is 5.42. The maximum atomic E-state index is 4.58. The second kappa shape index (κ2) is 6.49. The molecular weight excluding hydrogens is 256 g/mol. The molecule has 0 aliphatic rings. The molecule has 0 spiro atoms. The molecule has 108 valence electrons. The van der Waals surface area contributed by atoms with Crippen LogP contribution in [0.25, 0.3) is 0 Å². The topological polar surface area (TPSA) is 24.7 Å². The van der Waals surface area contributed by atoms with Crippen molar-refractivity contribution < 1.29 is 0 Å². The fourth-order valence-electron chi connectivity index (χ4n) is 2.00. The first kappa shape index (κ1) is 15.2. The summed E-state index contributed by atoms with van der Waals surface area (Å²) in [7, 11) is 0. The zero-order valence-corrected chi connectivity index (χ0v) is 13.4. The molecule has 0 fully saturated rings. The van der Waals surface area contributed by atoms with Crippen molar-refractivity contribution in [1.29, 1.82) is 0 Å². The molecule has 0 saturated carbocycles. The molecule has 0 bridgehead atoms. The van der Waals surface area contributed by atoms with Crippen LogP contribution in [0.1, 0.15) is 29.2 Å². The summed E-state index contributed by atoms with van der Waals surface area (Å²) in [6.07, 6.45) is 1.82. The molecule has 0 aliphatic carbocycles. The number of rotatable bonds is 3. The Morgan fingerprint density at radius 2 is 1.29 bits per heavy atom. The van der Waals surface area contributed by atoms with E-state index in [0.717, 1.165) is 17.1 Å². The number of nitrogens with zero attached hydrogens (tertiary/aromatic N) is 2. The van der Waals surface area contributed by atoms with Gasteiger partial charge in [-0.15, -0.1) is 0 Å². The quantitative estimate of drug-likeness (QED) is 0.670. The summed E-state index contributed by atoms with van der Waals surface area (Å²) in [5.74, 6) is 0. The van der Waals surface area contributed by atoms with E-state index in [1.54, 1.807) is 0 Å². The Morgan fingerprint density at radius 1 is 0.762 bits per heavy atom. The van der Waals surface area contributed by atoms with Crippen molar-refractivity contribution in [3.63, 3.8) is 0 Å². The van der Waals surface area contributed by atoms with Gasteiger partial charge >= 0.3 is 0 Å². The molecule has 2 aromatic rings. The molecule has 0 atom stereocenters. The van der Waals surface area contributed by atoms with Crippen molar-refractivity contribution >= 4 is 23.3 Å². The Labute approximate surface area is 127 Å². The van der Waals surface area contributed by atoms with E-state index in [2.05, 4.69) is 61.9 Å². The second-order valence-corrected chi connectivity index (χ2v) is 5.55. The number of hydrogen-bond donors (Lipinski definition) is 0. The summed E-state index contributed by atoms with van der Waals surface area (Å²) < 4.78 is 0. The minimum atomic E-state index is 0.900. The highest BCUT2D eigenvalue weighted by molar-refractivity contribution is 6.30. The van der Waals surface area contributed by atoms with Gasteiger partial charge in [0.1, 0.15) is 0 Å². The zero-order chi connectivity index (χ0) is 15.4. The largest absolute Gasteiger partial charge is 0.255 e. The molecule has 0 unspecified atom stereocenters. The van der Waals surface area contributed by atoms with Crippen LogP contribution in [0.4, 0.5) is 11.4 Å². The van der Waals surface area contributed by atoms with Gasteiger partial charge in [-0.2, -0.15) is 0 Å². The molecule has 21 heavy (non-hydrogen) atoms. The van der Waals surface area contributed by atoms with Gasteiger partial charge in [0.05, 0.1) is 17.1 Å². The van der Waals surface area contributed by atoms with Gasteiger partial charge in [0.15, 0.2) is 0 Å². The summed E-state index contributed by atoms with van der Waals surface area (Å²) in [6.45, 7) is 10.4. The van der Waals surface area contributed by atoms with Gasteiger partial charge in [0.25, 0.3) is 0 Å². The Balaban J connectivity index is 2.17. The Hall–Kier alpha value is -2.22. The molecule has 0 heterocycles. The number of aryl methyl sites for hydroxylation is 4. The molecule has 0 amide bonds. The van der Waals surface area contributed by atoms with E-state index in [1.807, 2.05) is 25.3 Å². The lowest BCUT2D eigenvalue weighted by atomic mass is 10.1. The lowest BCUT2D eigenvalue weighted by Crippen LogP contribution is -1.91. The van der Waals surface area contributed by atoms with Crippen LogP contribution in [0.2, 0.25) is 0 Å². The first-order valence-electron chi connectivity index (χ1n) is 7.19. The SMILES string of the molecule is CC(C=Nc1ccc(C)c(C)c1)=Nc1ccc(C)c(C)c1. The van der Waals surface area contributed by atoms with Crippen LogP contribution in [-0.2, 0) is 0 Å². The minimum absolute atomic E-state index is 0.900. The summed E-state index contributed by atoms with van der Waals surface area (Å²) in [5.41, 5.74) is 7.93. The summed E-state index contributed by atoms with van der Waals surface area (Å²) in [6, 6.07) is 12.5. The molecule has 0 aliphatic heterocycles. The van der Waals surface area contributed by atoms with E-state index in [1.165, 1.54) is 22.3 Å². The van der Waals surface area contributed by atoms with Crippen molar-refractivity contribution in [2.45, 2.75) is 34.6 Å². The van der Waals surface area contributed by atoms with E-state index in [4.69, 9.17) is 0 Å². The maximum Gasteiger partial charge on any atom is 0.0636 e. The molecule has 2 heteroatoms. The monoisotopic (exact) mass is 278 g/mol. The number of hydrogen-bond acceptors (Lipinski definition) is 2. The lowest BCUT2D eigenvalue weighted by molar-refractivity contribution is 1.32. The third-order valence-electron chi connectivity index (χ3n) is 3.69. The second-order valence-electron chi connectivity index (χ2n) is 5.55. The van der Waals surface area contributed by atoms with Crippen molar-refractivity contribution in [3.8, 4) is 0 Å². The van der Waals surface area contributed by atoms with Crippen LogP contribution < -0.4 is 0 Å². The standard InChI is InChI=1S/C19H22N2/c1-13-6-8-18(10-15(13)3)20-12-17(5)21-19-9-7-14(2)16(4)11-19/h6-12H,1-5H3. The Morgan fingerprint density at radius 3 is 1.86 bits per heavy atom. The van der Waals surface area contributed by atoms with Crippen molar-refractivity contribution in [3.05, 3.63) is 58.7 Å². The fourth-order valence-corrected chi connectivity index (χ4v) is 2.00. The molecule has 2 aromatic carbocycles. The van der Waals surface area contributed by atoms with E-state index in [-0.39, 0.29) is 0 Å². The van der Waals surface area contributed by atoms with Gasteiger partial charge in [0, 0.05) is 6.21 Å². The van der Waals surface area contributed by atoms with Gasteiger partial charge in [-0.1, -0.05) is 12.1 Å². The Bertz CT molecular complexity index is 710. The molecule has 2 nitrogen and oxygen atoms in total. The highest BCUT2D eigenvalue weighted by atomic mass is 14.8. The number of benzene rings is 2. The molecule has 0 N–H and O–H groups in total. The normalized spacial score (nSPS) is 12.1. The zero-order valence-electron chi connectivity index (χ0n) is 13.4. The van der Waals surface area contributed by atoms with Crippen LogP contribution >= 0.6 is 0 Å². The summed E-state index contributed by atoms with van der Waals surface area (Å²) in [5, 5.41) is 0. The van der Waals surface area contributed by atoms with Gasteiger partial charge in [-0.3, -0.25) is 9.98 Å². The first-order valence-corrected chi connectivity index (χ1v) is 7.19. The van der Waals surface area contributed by atoms with E-state index < -0.39 is 0 Å².